The van der Waals surface area contributed by atoms with Gasteiger partial charge in [-0.25, -0.2) is 0 Å². The first-order valence-electron chi connectivity index (χ1n) is 23.7. The summed E-state index contributed by atoms with van der Waals surface area (Å²) in [7, 11) is 0. The third kappa shape index (κ3) is 8.49. The SMILES string of the molecule is CC(=O)O[C@H]1[C@@H]([C@@H]2O[C@@H](C)[C@H](O)[C@@H](O)[C@H]2O)[C@H]2[C@@H]3CC[C@H]4C[C@@H]([C@H]5O[C@@H](CO)[C@H](O)[C@@H](O)[C@@H]5O[C@@H]5O[C@@H](C)[C@H](O)[C@@H](O)[C@H]5O)CC[C@]4(C)[C@H]3CC[C@]2(C)[C@H]1[C@H](C)/C=C/CC(C)C. The molecule has 0 amide bonds. The molecule has 356 valence electrons. The van der Waals surface area contributed by atoms with Gasteiger partial charge in [0.25, 0.3) is 0 Å². The molecular formula is C47H78O15. The highest BCUT2D eigenvalue weighted by Gasteiger charge is 2.70. The van der Waals surface area contributed by atoms with E-state index < -0.39 is 116 Å². The van der Waals surface area contributed by atoms with Crippen LogP contribution in [0.25, 0.3) is 0 Å². The average molecular weight is 883 g/mol. The number of aliphatic hydroxyl groups excluding tert-OH is 9. The molecule has 0 aromatic rings. The van der Waals surface area contributed by atoms with Crippen LogP contribution in [-0.2, 0) is 28.5 Å². The van der Waals surface area contributed by atoms with E-state index >= 15 is 0 Å². The van der Waals surface area contributed by atoms with Crippen LogP contribution < -0.4 is 0 Å². The lowest BCUT2D eigenvalue weighted by Gasteiger charge is -2.63. The second kappa shape index (κ2) is 18.8. The summed E-state index contributed by atoms with van der Waals surface area (Å²) >= 11 is 0. The lowest BCUT2D eigenvalue weighted by Crippen LogP contribution is -2.65. The summed E-state index contributed by atoms with van der Waals surface area (Å²) in [6, 6.07) is 0. The molecule has 0 radical (unpaired) electrons. The Morgan fingerprint density at radius 1 is 0.742 bits per heavy atom. The number of esters is 1. The molecule has 3 saturated heterocycles. The molecule has 7 fully saturated rings. The zero-order valence-electron chi connectivity index (χ0n) is 37.9. The van der Waals surface area contributed by atoms with E-state index in [1.165, 1.54) is 6.92 Å². The van der Waals surface area contributed by atoms with Gasteiger partial charge in [0.05, 0.1) is 31.0 Å². The summed E-state index contributed by atoms with van der Waals surface area (Å²) in [5.74, 6) is 0.0189. The van der Waals surface area contributed by atoms with Gasteiger partial charge in [0.15, 0.2) is 6.29 Å². The van der Waals surface area contributed by atoms with Crippen LogP contribution in [0.2, 0.25) is 0 Å². The first-order chi connectivity index (χ1) is 29.2. The number of hydrogen-bond donors (Lipinski definition) is 9. The predicted octanol–water partition coefficient (Wildman–Crippen LogP) is 1.83. The van der Waals surface area contributed by atoms with E-state index in [9.17, 15) is 50.8 Å². The van der Waals surface area contributed by atoms with Gasteiger partial charge in [0, 0.05) is 18.8 Å². The van der Waals surface area contributed by atoms with Crippen LogP contribution in [-0.4, -0.2) is 156 Å². The minimum atomic E-state index is -1.63. The van der Waals surface area contributed by atoms with Crippen LogP contribution in [0.1, 0.15) is 107 Å². The largest absolute Gasteiger partial charge is 0.462 e. The lowest BCUT2D eigenvalue weighted by molar-refractivity contribution is -0.342. The van der Waals surface area contributed by atoms with Crippen molar-refractivity contribution in [1.82, 2.24) is 0 Å². The van der Waals surface area contributed by atoms with E-state index in [-0.39, 0.29) is 52.3 Å². The maximum absolute atomic E-state index is 13.1. The highest BCUT2D eigenvalue weighted by atomic mass is 16.7. The van der Waals surface area contributed by atoms with Crippen LogP contribution in [0.5, 0.6) is 0 Å². The monoisotopic (exact) mass is 883 g/mol. The van der Waals surface area contributed by atoms with E-state index in [2.05, 4.69) is 46.8 Å². The van der Waals surface area contributed by atoms with E-state index in [0.29, 0.717) is 18.8 Å². The molecule has 26 atom stereocenters. The second-order valence-electron chi connectivity index (χ2n) is 21.6. The Morgan fingerprint density at radius 3 is 2.03 bits per heavy atom. The van der Waals surface area contributed by atoms with Crippen molar-refractivity contribution in [1.29, 1.82) is 0 Å². The van der Waals surface area contributed by atoms with Crippen LogP contribution in [0, 0.1) is 64.1 Å². The molecule has 0 aromatic heterocycles. The number of rotatable bonds is 10. The number of hydrogen-bond acceptors (Lipinski definition) is 15. The Balaban J connectivity index is 1.19. The average Bonchev–Trinajstić information content (AvgIpc) is 3.48. The molecule has 3 aliphatic heterocycles. The minimum absolute atomic E-state index is 0.0297. The topological polar surface area (TPSA) is 245 Å². The Kier molecular flexibility index (Phi) is 14.7. The zero-order chi connectivity index (χ0) is 45.3. The molecule has 9 N–H and O–H groups in total. The number of carbonyl (C=O) groups excluding carboxylic acids is 1. The molecule has 7 rings (SSSR count). The maximum Gasteiger partial charge on any atom is 0.302 e. The van der Waals surface area contributed by atoms with Crippen molar-refractivity contribution in [3.05, 3.63) is 12.2 Å². The predicted molar refractivity (Wildman–Crippen MR) is 224 cm³/mol. The third-order valence-electron chi connectivity index (χ3n) is 17.6. The highest BCUT2D eigenvalue weighted by molar-refractivity contribution is 5.66. The summed E-state index contributed by atoms with van der Waals surface area (Å²) in [6.07, 6.45) is -8.02. The molecule has 4 aliphatic carbocycles. The van der Waals surface area contributed by atoms with Crippen molar-refractivity contribution in [2.75, 3.05) is 6.61 Å². The molecule has 15 heteroatoms. The number of carbonyl (C=O) groups is 1. The van der Waals surface area contributed by atoms with Gasteiger partial charge in [-0.1, -0.05) is 46.8 Å². The smallest absolute Gasteiger partial charge is 0.302 e. The van der Waals surface area contributed by atoms with Crippen molar-refractivity contribution in [2.24, 2.45) is 64.1 Å². The van der Waals surface area contributed by atoms with Crippen LogP contribution in [0.15, 0.2) is 12.2 Å². The van der Waals surface area contributed by atoms with Gasteiger partial charge in [-0.05, 0) is 117 Å². The standard InChI is InChI=1S/C47H78O15/c1-20(2)10-9-11-21(3)31-42(60-24(6)49)30(43-39(56)36(53)33(50)22(4)58-43)32-27-13-12-26-18-25(14-16-46(26,7)28(27)15-17-47(31,32)8)41-44(38(55)35(52)29(19-48)61-41)62-45-40(57)37(54)34(51)23(5)59-45/h9,11,20-23,25-45,48,50-57H,10,12-19H2,1-8H3/b11-9+/t21-,22+,23+,25+,26+,27-,28+,29+,30+,31+,32-,33+,34+,35+,36-,37-,38-,39-,40-,41-,42+,43+,44+,45+,46+,47-/m1/s1. The van der Waals surface area contributed by atoms with Gasteiger partial charge in [-0.3, -0.25) is 4.79 Å². The second-order valence-corrected chi connectivity index (χ2v) is 21.6. The molecule has 0 unspecified atom stereocenters. The van der Waals surface area contributed by atoms with E-state index in [1.807, 2.05) is 0 Å². The van der Waals surface area contributed by atoms with E-state index in [4.69, 9.17) is 23.7 Å². The Hall–Kier alpha value is -1.31. The van der Waals surface area contributed by atoms with Gasteiger partial charge in [0.1, 0.15) is 67.1 Å². The normalized spacial score (nSPS) is 53.8. The van der Waals surface area contributed by atoms with Gasteiger partial charge >= 0.3 is 5.97 Å². The molecule has 62 heavy (non-hydrogen) atoms. The van der Waals surface area contributed by atoms with Crippen molar-refractivity contribution >= 4 is 5.97 Å². The molecule has 7 aliphatic rings. The van der Waals surface area contributed by atoms with Gasteiger partial charge in [-0.15, -0.1) is 0 Å². The zero-order valence-corrected chi connectivity index (χ0v) is 37.9. The maximum atomic E-state index is 13.1. The highest BCUT2D eigenvalue weighted by Crippen LogP contribution is 2.71. The van der Waals surface area contributed by atoms with E-state index in [1.54, 1.807) is 13.8 Å². The molecule has 15 nitrogen and oxygen atoms in total. The molecule has 0 bridgehead atoms. The quantitative estimate of drug-likeness (QED) is 0.112. The fourth-order valence-electron chi connectivity index (χ4n) is 14.5. The van der Waals surface area contributed by atoms with E-state index in [0.717, 1.165) is 38.5 Å². The molecule has 0 aromatic carbocycles. The first kappa shape index (κ1) is 48.6. The van der Waals surface area contributed by atoms with Crippen molar-refractivity contribution in [2.45, 2.75) is 205 Å². The molecule has 3 heterocycles. The van der Waals surface area contributed by atoms with Crippen LogP contribution >= 0.6 is 0 Å². The van der Waals surface area contributed by atoms with Gasteiger partial charge < -0.3 is 69.6 Å². The Morgan fingerprint density at radius 2 is 1.39 bits per heavy atom. The minimum Gasteiger partial charge on any atom is -0.462 e. The molecule has 0 spiro atoms. The summed E-state index contributed by atoms with van der Waals surface area (Å²) in [5.41, 5.74) is -0.444. The number of ether oxygens (including phenoxy) is 5. The lowest BCUT2D eigenvalue weighted by atomic mass is 9.43. The first-order valence-corrected chi connectivity index (χ1v) is 23.7. The van der Waals surface area contributed by atoms with Crippen LogP contribution in [0.4, 0.5) is 0 Å². The Labute approximate surface area is 367 Å². The van der Waals surface area contributed by atoms with Gasteiger partial charge in [-0.2, -0.15) is 0 Å². The van der Waals surface area contributed by atoms with Gasteiger partial charge in [0.2, 0.25) is 0 Å². The summed E-state index contributed by atoms with van der Waals surface area (Å²) < 4.78 is 31.3. The molecular weight excluding hydrogens is 805 g/mol. The van der Waals surface area contributed by atoms with Crippen LogP contribution in [0.3, 0.4) is 0 Å². The van der Waals surface area contributed by atoms with Crippen molar-refractivity contribution < 1.29 is 74.4 Å². The number of aliphatic hydroxyl groups is 9. The summed E-state index contributed by atoms with van der Waals surface area (Å²) in [5, 5.41) is 98.1. The summed E-state index contributed by atoms with van der Waals surface area (Å²) in [6.45, 7) is 15.4. The Bertz CT molecular complexity index is 1560. The van der Waals surface area contributed by atoms with Crippen molar-refractivity contribution in [3.8, 4) is 0 Å². The fourth-order valence-corrected chi connectivity index (χ4v) is 14.5. The third-order valence-corrected chi connectivity index (χ3v) is 17.6. The molecule has 4 saturated carbocycles. The van der Waals surface area contributed by atoms with Crippen molar-refractivity contribution in [3.63, 3.8) is 0 Å². The number of fused-ring (bicyclic) bond motifs is 5. The fraction of sp³-hybridized carbons (Fsp3) is 0.936. The number of allylic oxidation sites excluding steroid dienone is 2. The summed E-state index contributed by atoms with van der Waals surface area (Å²) in [4.78, 5) is 13.1.